The molecular weight excluding hydrogens is 480 g/mol. The monoisotopic (exact) mass is 514 g/mol. The van der Waals surface area contributed by atoms with Crippen LogP contribution >= 0.6 is 0 Å². The van der Waals surface area contributed by atoms with Crippen LogP contribution in [0.15, 0.2) is 70.8 Å². The van der Waals surface area contributed by atoms with Gasteiger partial charge in [-0.25, -0.2) is 9.79 Å². The van der Waals surface area contributed by atoms with E-state index in [1.807, 2.05) is 74.4 Å². The number of nitrogens with two attached hydrogens (primary N) is 1. The Morgan fingerprint density at radius 2 is 1.50 bits per heavy atom. The molecule has 1 aliphatic heterocycles. The standard InChI is InChI=1S/C30H34N4O4/c1-33(2)20-10-13-23-26(17-20)38-27-18-21(34(3)4)11-14-24(27)29(23)22-12-9-19(16-25(22)30(36)37)32-28(35)8-6-5-7-15-31/h9-14,16-18H,5-8,15,31H2,1-4H3,(H,36,37). The fourth-order valence-corrected chi connectivity index (χ4v) is 4.51. The summed E-state index contributed by atoms with van der Waals surface area (Å²) in [6, 6.07) is 11.8. The van der Waals surface area contributed by atoms with Crippen LogP contribution in [-0.2, 0) is 9.59 Å². The van der Waals surface area contributed by atoms with Gasteiger partial charge in [0.25, 0.3) is 0 Å². The molecule has 38 heavy (non-hydrogen) atoms. The second-order valence-corrected chi connectivity index (χ2v) is 9.77. The summed E-state index contributed by atoms with van der Waals surface area (Å²) in [6.45, 7) is 0.595. The number of anilines is 2. The highest BCUT2D eigenvalue weighted by Crippen LogP contribution is 2.48. The predicted octanol–water partition coefficient (Wildman–Crippen LogP) is 4.79. The molecule has 3 N–H and O–H groups in total. The molecule has 0 saturated heterocycles. The number of aliphatic imine (C=N–C) groups is 1. The van der Waals surface area contributed by atoms with E-state index in [4.69, 9.17) is 10.5 Å². The van der Waals surface area contributed by atoms with Gasteiger partial charge < -0.3 is 25.4 Å². The van der Waals surface area contributed by atoms with Crippen molar-refractivity contribution in [3.05, 3.63) is 76.9 Å². The SMILES string of the molecule is CN(C)c1ccc2c(c1)Oc1cc(N(C)C)ccc1C2=C1C=CC(=NC(=O)CCCCCN)C=C1C(=O)O. The third-order valence-corrected chi connectivity index (χ3v) is 6.57. The van der Waals surface area contributed by atoms with Gasteiger partial charge in [0.15, 0.2) is 0 Å². The third kappa shape index (κ3) is 5.70. The Balaban J connectivity index is 1.83. The number of amides is 1. The van der Waals surface area contributed by atoms with Gasteiger partial charge in [0.05, 0.1) is 11.3 Å². The Morgan fingerprint density at radius 1 is 0.895 bits per heavy atom. The predicted molar refractivity (Wildman–Crippen MR) is 152 cm³/mol. The first-order valence-electron chi connectivity index (χ1n) is 12.7. The molecule has 4 rings (SSSR count). The average molecular weight is 515 g/mol. The lowest BCUT2D eigenvalue weighted by Crippen LogP contribution is -2.15. The number of carbonyl (C=O) groups is 2. The minimum absolute atomic E-state index is 0.0735. The van der Waals surface area contributed by atoms with Gasteiger partial charge in [-0.15, -0.1) is 0 Å². The molecule has 0 unspecified atom stereocenters. The van der Waals surface area contributed by atoms with Crippen molar-refractivity contribution in [3.63, 3.8) is 0 Å². The Morgan fingerprint density at radius 3 is 2.03 bits per heavy atom. The lowest BCUT2D eigenvalue weighted by Gasteiger charge is -2.28. The van der Waals surface area contributed by atoms with Gasteiger partial charge in [-0.3, -0.25) is 4.79 Å². The number of hydrogen-bond acceptors (Lipinski definition) is 6. The number of nitrogens with zero attached hydrogens (tertiary/aromatic N) is 3. The molecule has 0 atom stereocenters. The number of fused-ring (bicyclic) bond motifs is 2. The van der Waals surface area contributed by atoms with Gasteiger partial charge in [0.1, 0.15) is 11.5 Å². The lowest BCUT2D eigenvalue weighted by atomic mass is 9.84. The largest absolute Gasteiger partial charge is 0.478 e. The van der Waals surface area contributed by atoms with Crippen LogP contribution in [0.5, 0.6) is 11.5 Å². The molecule has 0 aromatic heterocycles. The smallest absolute Gasteiger partial charge is 0.336 e. The minimum Gasteiger partial charge on any atom is -0.478 e. The number of carboxylic acids is 1. The maximum Gasteiger partial charge on any atom is 0.336 e. The number of ether oxygens (including phenoxy) is 1. The number of rotatable bonds is 8. The Bertz CT molecular complexity index is 1320. The summed E-state index contributed by atoms with van der Waals surface area (Å²) < 4.78 is 6.35. The molecule has 2 aliphatic rings. The summed E-state index contributed by atoms with van der Waals surface area (Å²) in [5, 5.41) is 10.2. The van der Waals surface area contributed by atoms with Crippen molar-refractivity contribution in [1.29, 1.82) is 0 Å². The Kier molecular flexibility index (Phi) is 8.12. The average Bonchev–Trinajstić information content (AvgIpc) is 2.89. The summed E-state index contributed by atoms with van der Waals surface area (Å²) in [4.78, 5) is 33.0. The van der Waals surface area contributed by atoms with Crippen molar-refractivity contribution in [2.24, 2.45) is 10.7 Å². The molecule has 2 aromatic carbocycles. The van der Waals surface area contributed by atoms with Crippen LogP contribution in [0.2, 0.25) is 0 Å². The van der Waals surface area contributed by atoms with E-state index in [0.717, 1.165) is 40.9 Å². The van der Waals surface area contributed by atoms with E-state index in [1.54, 1.807) is 12.2 Å². The van der Waals surface area contributed by atoms with Crippen molar-refractivity contribution in [2.45, 2.75) is 25.7 Å². The number of hydrogen-bond donors (Lipinski definition) is 2. The number of allylic oxidation sites excluding steroid dienone is 3. The molecule has 8 nitrogen and oxygen atoms in total. The van der Waals surface area contributed by atoms with Crippen molar-refractivity contribution in [3.8, 4) is 11.5 Å². The van der Waals surface area contributed by atoms with Crippen LogP contribution in [0.4, 0.5) is 11.4 Å². The highest BCUT2D eigenvalue weighted by Gasteiger charge is 2.29. The molecule has 0 bridgehead atoms. The number of benzene rings is 2. The lowest BCUT2D eigenvalue weighted by molar-refractivity contribution is -0.132. The van der Waals surface area contributed by atoms with E-state index < -0.39 is 5.97 Å². The molecule has 0 saturated carbocycles. The molecule has 0 spiro atoms. The topological polar surface area (TPSA) is 108 Å². The van der Waals surface area contributed by atoms with Crippen molar-refractivity contribution in [1.82, 2.24) is 0 Å². The fraction of sp³-hybridized carbons (Fsp3) is 0.300. The molecule has 0 fully saturated rings. The van der Waals surface area contributed by atoms with Crippen LogP contribution in [0, 0.1) is 0 Å². The maximum absolute atomic E-state index is 12.5. The summed E-state index contributed by atoms with van der Waals surface area (Å²) in [7, 11) is 7.82. The molecule has 8 heteroatoms. The van der Waals surface area contributed by atoms with E-state index in [9.17, 15) is 14.7 Å². The summed E-state index contributed by atoms with van der Waals surface area (Å²) in [5.41, 5.74) is 10.7. The second-order valence-electron chi connectivity index (χ2n) is 9.77. The van der Waals surface area contributed by atoms with Gasteiger partial charge in [-0.2, -0.15) is 0 Å². The van der Waals surface area contributed by atoms with Crippen molar-refractivity contribution in [2.75, 3.05) is 44.5 Å². The van der Waals surface area contributed by atoms with E-state index in [0.29, 0.717) is 42.2 Å². The quantitative estimate of drug-likeness (QED) is 0.416. The van der Waals surface area contributed by atoms with Crippen molar-refractivity contribution >= 4 is 34.5 Å². The first kappa shape index (κ1) is 26.9. The Labute approximate surface area is 223 Å². The molecule has 2 aromatic rings. The zero-order valence-corrected chi connectivity index (χ0v) is 22.3. The molecule has 0 radical (unpaired) electrons. The molecule has 198 valence electrons. The zero-order valence-electron chi connectivity index (χ0n) is 22.3. The van der Waals surface area contributed by atoms with Crippen LogP contribution in [0.3, 0.4) is 0 Å². The van der Waals surface area contributed by atoms with E-state index in [2.05, 4.69) is 4.99 Å². The molecular formula is C30H34N4O4. The van der Waals surface area contributed by atoms with Crippen LogP contribution in [-0.4, -0.2) is 57.4 Å². The van der Waals surface area contributed by atoms with Crippen molar-refractivity contribution < 1.29 is 19.4 Å². The third-order valence-electron chi connectivity index (χ3n) is 6.57. The Hall–Kier alpha value is -4.17. The molecule has 1 amide bonds. The summed E-state index contributed by atoms with van der Waals surface area (Å²) >= 11 is 0. The fourth-order valence-electron chi connectivity index (χ4n) is 4.51. The maximum atomic E-state index is 12.5. The van der Waals surface area contributed by atoms with Gasteiger partial charge in [-0.05, 0) is 61.4 Å². The number of aliphatic carboxylic acids is 1. The van der Waals surface area contributed by atoms with Gasteiger partial charge in [0, 0.05) is 74.8 Å². The minimum atomic E-state index is -1.09. The van der Waals surface area contributed by atoms with Crippen LogP contribution in [0.25, 0.3) is 5.57 Å². The first-order chi connectivity index (χ1) is 18.2. The number of carbonyl (C=O) groups excluding carboxylic acids is 1. The zero-order chi connectivity index (χ0) is 27.4. The van der Waals surface area contributed by atoms with Crippen LogP contribution in [0.1, 0.15) is 36.8 Å². The molecule has 1 heterocycles. The molecule has 1 aliphatic carbocycles. The van der Waals surface area contributed by atoms with E-state index in [-0.39, 0.29) is 11.5 Å². The van der Waals surface area contributed by atoms with Gasteiger partial charge in [-0.1, -0.05) is 12.5 Å². The second kappa shape index (κ2) is 11.5. The summed E-state index contributed by atoms with van der Waals surface area (Å²) in [5.74, 6) is -0.0722. The summed E-state index contributed by atoms with van der Waals surface area (Å²) in [6.07, 6.45) is 7.64. The van der Waals surface area contributed by atoms with Gasteiger partial charge in [0.2, 0.25) is 5.91 Å². The number of carboxylic acid groups (broad SMARTS) is 1. The number of unbranched alkanes of at least 4 members (excludes halogenated alkanes) is 2. The van der Waals surface area contributed by atoms with Gasteiger partial charge >= 0.3 is 5.97 Å². The first-order valence-corrected chi connectivity index (χ1v) is 12.7. The van der Waals surface area contributed by atoms with Crippen LogP contribution < -0.4 is 20.3 Å². The highest BCUT2D eigenvalue weighted by molar-refractivity contribution is 6.17. The van der Waals surface area contributed by atoms with E-state index in [1.165, 1.54) is 6.08 Å². The normalized spacial score (nSPS) is 15.0. The van der Waals surface area contributed by atoms with E-state index >= 15 is 0 Å². The highest BCUT2D eigenvalue weighted by atomic mass is 16.5.